The maximum atomic E-state index is 5.25. The van der Waals surface area contributed by atoms with Crippen LogP contribution in [0.3, 0.4) is 0 Å². The van der Waals surface area contributed by atoms with Gasteiger partial charge in [0.15, 0.2) is 0 Å². The van der Waals surface area contributed by atoms with Crippen LogP contribution in [0.2, 0.25) is 0 Å². The van der Waals surface area contributed by atoms with E-state index >= 15 is 0 Å². The number of nitrogens with zero attached hydrogens (tertiary/aromatic N) is 4. The largest absolute Gasteiger partial charge is 0.306 e. The maximum Gasteiger partial charge on any atom is 0.220 e. The quantitative estimate of drug-likeness (QED) is 0.269. The van der Waals surface area contributed by atoms with Crippen LogP contribution < -0.4 is 4.90 Å². The van der Waals surface area contributed by atoms with Gasteiger partial charge in [0.05, 0.1) is 39.1 Å². The van der Waals surface area contributed by atoms with Gasteiger partial charge >= 0.3 is 0 Å². The molecule has 35 heavy (non-hydrogen) atoms. The molecule has 0 bridgehead atoms. The van der Waals surface area contributed by atoms with Gasteiger partial charge in [0.2, 0.25) is 5.95 Å². The first-order valence-corrected chi connectivity index (χ1v) is 11.8. The van der Waals surface area contributed by atoms with Crippen molar-refractivity contribution >= 4 is 49.9 Å². The fourth-order valence-corrected chi connectivity index (χ4v) is 5.62. The molecule has 0 saturated carbocycles. The smallest absolute Gasteiger partial charge is 0.220 e. The van der Waals surface area contributed by atoms with Crippen LogP contribution in [-0.4, -0.2) is 14.1 Å². The minimum Gasteiger partial charge on any atom is -0.306 e. The zero-order chi connectivity index (χ0) is 22.9. The first-order valence-electron chi connectivity index (χ1n) is 11.8. The summed E-state index contributed by atoms with van der Waals surface area (Å²) >= 11 is 0. The lowest BCUT2D eigenvalue weighted by molar-refractivity contribution is 0.945. The number of aromatic nitrogens is 3. The van der Waals surface area contributed by atoms with Gasteiger partial charge in [-0.05, 0) is 48.5 Å². The summed E-state index contributed by atoms with van der Waals surface area (Å²) in [5, 5.41) is 2.47. The van der Waals surface area contributed by atoms with Gasteiger partial charge in [-0.1, -0.05) is 72.8 Å². The molecule has 0 amide bonds. The summed E-state index contributed by atoms with van der Waals surface area (Å²) in [5.41, 5.74) is 8.94. The van der Waals surface area contributed by atoms with Crippen molar-refractivity contribution in [3.05, 3.63) is 121 Å². The predicted molar refractivity (Wildman–Crippen MR) is 144 cm³/mol. The van der Waals surface area contributed by atoms with Crippen molar-refractivity contribution in [3.63, 3.8) is 0 Å². The number of hydrogen-bond donors (Lipinski definition) is 0. The molecular formula is C31H20N4. The number of rotatable bonds is 2. The number of imidazole rings is 1. The van der Waals surface area contributed by atoms with Gasteiger partial charge in [0.25, 0.3) is 0 Å². The third kappa shape index (κ3) is 2.43. The molecule has 0 spiro atoms. The predicted octanol–water partition coefficient (Wildman–Crippen LogP) is 7.91. The van der Waals surface area contributed by atoms with Crippen molar-refractivity contribution in [2.45, 2.75) is 0 Å². The first-order chi connectivity index (χ1) is 17.4. The number of fused-ring (bicyclic) bond motifs is 5. The van der Waals surface area contributed by atoms with Crippen molar-refractivity contribution < 1.29 is 0 Å². The van der Waals surface area contributed by atoms with Gasteiger partial charge in [-0.2, -0.15) is 0 Å². The van der Waals surface area contributed by atoms with E-state index in [1.165, 1.54) is 10.8 Å². The average Bonchev–Trinajstić information content (AvgIpc) is 3.46. The van der Waals surface area contributed by atoms with E-state index in [1.807, 2.05) is 0 Å². The maximum absolute atomic E-state index is 5.25. The Morgan fingerprint density at radius 1 is 0.457 bits per heavy atom. The van der Waals surface area contributed by atoms with E-state index in [2.05, 4.69) is 135 Å². The number of benzene rings is 5. The fourth-order valence-electron chi connectivity index (χ4n) is 5.62. The van der Waals surface area contributed by atoms with Crippen LogP contribution in [0.1, 0.15) is 0 Å². The molecule has 0 radical (unpaired) electrons. The molecule has 0 aliphatic carbocycles. The average molecular weight is 449 g/mol. The van der Waals surface area contributed by atoms with E-state index < -0.39 is 0 Å². The van der Waals surface area contributed by atoms with Crippen LogP contribution in [0.25, 0.3) is 44.5 Å². The summed E-state index contributed by atoms with van der Waals surface area (Å²) in [7, 11) is 0. The summed E-state index contributed by atoms with van der Waals surface area (Å²) in [4.78, 5) is 7.60. The van der Waals surface area contributed by atoms with Gasteiger partial charge in [-0.15, -0.1) is 0 Å². The highest BCUT2D eigenvalue weighted by molar-refractivity contribution is 6.10. The number of anilines is 3. The third-order valence-corrected chi connectivity index (χ3v) is 7.04. The highest BCUT2D eigenvalue weighted by atomic mass is 15.3. The van der Waals surface area contributed by atoms with E-state index in [4.69, 9.17) is 4.98 Å². The van der Waals surface area contributed by atoms with Crippen LogP contribution >= 0.6 is 0 Å². The lowest BCUT2D eigenvalue weighted by Gasteiger charge is -2.32. The normalized spacial score (nSPS) is 12.5. The fraction of sp³-hybridized carbons (Fsp3) is 0. The minimum atomic E-state index is 0.907. The molecule has 4 nitrogen and oxygen atoms in total. The Bertz CT molecular complexity index is 1860. The van der Waals surface area contributed by atoms with Gasteiger partial charge < -0.3 is 4.90 Å². The molecule has 3 heterocycles. The van der Waals surface area contributed by atoms with Crippen LogP contribution in [0, 0.1) is 0 Å². The molecule has 8 rings (SSSR count). The zero-order valence-corrected chi connectivity index (χ0v) is 18.8. The lowest BCUT2D eigenvalue weighted by atomic mass is 10.1. The molecule has 2 aromatic heterocycles. The van der Waals surface area contributed by atoms with E-state index in [0.717, 1.165) is 50.8 Å². The van der Waals surface area contributed by atoms with Crippen molar-refractivity contribution in [1.29, 1.82) is 0 Å². The minimum absolute atomic E-state index is 0.907. The Hall–Kier alpha value is -4.83. The van der Waals surface area contributed by atoms with E-state index in [9.17, 15) is 0 Å². The molecule has 7 aromatic rings. The summed E-state index contributed by atoms with van der Waals surface area (Å²) in [6.45, 7) is 0. The Balaban J connectivity index is 1.55. The Kier molecular flexibility index (Phi) is 3.63. The molecule has 4 heteroatoms. The molecule has 0 saturated heterocycles. The molecule has 5 aromatic carbocycles. The second-order valence-corrected chi connectivity index (χ2v) is 8.92. The van der Waals surface area contributed by atoms with Crippen molar-refractivity contribution in [2.75, 3.05) is 4.90 Å². The Labute approximate surface area is 201 Å². The summed E-state index contributed by atoms with van der Waals surface area (Å²) in [6, 6.07) is 42.8. The van der Waals surface area contributed by atoms with Crippen LogP contribution in [0.5, 0.6) is 0 Å². The molecule has 0 N–H and O–H groups in total. The van der Waals surface area contributed by atoms with Gasteiger partial charge in [0, 0.05) is 16.5 Å². The third-order valence-electron chi connectivity index (χ3n) is 7.04. The van der Waals surface area contributed by atoms with Gasteiger partial charge in [-0.3, -0.25) is 9.13 Å². The summed E-state index contributed by atoms with van der Waals surface area (Å²) in [5.74, 6) is 0.907. The Morgan fingerprint density at radius 3 is 1.80 bits per heavy atom. The molecule has 164 valence electrons. The Morgan fingerprint density at radius 2 is 1.06 bits per heavy atom. The molecule has 0 atom stereocenters. The lowest BCUT2D eigenvalue weighted by Crippen LogP contribution is -2.19. The highest BCUT2D eigenvalue weighted by Gasteiger charge is 2.30. The van der Waals surface area contributed by atoms with Crippen LogP contribution in [-0.2, 0) is 0 Å². The molecule has 1 aliphatic heterocycles. The molecule has 0 fully saturated rings. The van der Waals surface area contributed by atoms with Crippen molar-refractivity contribution in [1.82, 2.24) is 14.1 Å². The van der Waals surface area contributed by atoms with Crippen molar-refractivity contribution in [3.8, 4) is 11.6 Å². The second kappa shape index (κ2) is 6.84. The van der Waals surface area contributed by atoms with E-state index in [0.29, 0.717) is 0 Å². The van der Waals surface area contributed by atoms with Crippen molar-refractivity contribution in [2.24, 2.45) is 0 Å². The number of para-hydroxylation sites is 6. The second-order valence-electron chi connectivity index (χ2n) is 8.92. The molecular weight excluding hydrogens is 428 g/mol. The van der Waals surface area contributed by atoms with Crippen LogP contribution in [0.4, 0.5) is 17.1 Å². The van der Waals surface area contributed by atoms with E-state index in [1.54, 1.807) is 0 Å². The standard InChI is InChI=1S/C31H20N4/c1-2-11-21(12-3-1)33-27-18-8-9-19-28(27)35-30-24(15-10-20-29(30)33)32-31(35)34-25-16-6-4-13-22(25)23-14-5-7-17-26(23)34/h1-20H. The highest BCUT2D eigenvalue weighted by Crippen LogP contribution is 2.47. The van der Waals surface area contributed by atoms with Crippen LogP contribution in [0.15, 0.2) is 121 Å². The molecule has 1 aliphatic rings. The first kappa shape index (κ1) is 18.6. The zero-order valence-electron chi connectivity index (χ0n) is 18.8. The molecule has 0 unspecified atom stereocenters. The van der Waals surface area contributed by atoms with E-state index in [-0.39, 0.29) is 0 Å². The summed E-state index contributed by atoms with van der Waals surface area (Å²) < 4.78 is 4.64. The monoisotopic (exact) mass is 448 g/mol. The summed E-state index contributed by atoms with van der Waals surface area (Å²) in [6.07, 6.45) is 0. The topological polar surface area (TPSA) is 26.0 Å². The van der Waals surface area contributed by atoms with Gasteiger partial charge in [0.1, 0.15) is 0 Å². The number of hydrogen-bond acceptors (Lipinski definition) is 2. The SMILES string of the molecule is c1ccc(N2c3ccccc3-n3c(-n4c5ccccc5c5ccccc54)nc4cccc2c43)cc1. The van der Waals surface area contributed by atoms with Gasteiger partial charge in [-0.25, -0.2) is 4.98 Å².